The fourth-order valence-corrected chi connectivity index (χ4v) is 2.52. The number of benzene rings is 1. The van der Waals surface area contributed by atoms with Gasteiger partial charge in [-0.05, 0) is 12.1 Å². The number of halogens is 4. The van der Waals surface area contributed by atoms with Crippen LogP contribution in [0.5, 0.6) is 5.88 Å². The molecule has 12 heteroatoms. The number of rotatable bonds is 4. The summed E-state index contributed by atoms with van der Waals surface area (Å²) in [4.78, 5) is 3.89. The van der Waals surface area contributed by atoms with Gasteiger partial charge in [0.1, 0.15) is 24.3 Å². The average Bonchev–Trinajstić information content (AvgIpc) is 3.24. The van der Waals surface area contributed by atoms with E-state index in [9.17, 15) is 17.6 Å². The Morgan fingerprint density at radius 3 is 2.61 bits per heavy atom. The lowest BCUT2D eigenvalue weighted by atomic mass is 10.2. The van der Waals surface area contributed by atoms with Gasteiger partial charge >= 0.3 is 6.18 Å². The van der Waals surface area contributed by atoms with Crippen molar-refractivity contribution in [3.63, 3.8) is 0 Å². The minimum Gasteiger partial charge on any atom is -0.468 e. The number of nitrogens with zero attached hydrogens (tertiary/aromatic N) is 7. The molecule has 0 saturated carbocycles. The molecule has 28 heavy (non-hydrogen) atoms. The van der Waals surface area contributed by atoms with Crippen molar-refractivity contribution in [3.8, 4) is 17.3 Å². The van der Waals surface area contributed by atoms with Gasteiger partial charge < -0.3 is 4.74 Å². The highest BCUT2D eigenvalue weighted by atomic mass is 19.4. The highest BCUT2D eigenvalue weighted by Gasteiger charge is 2.37. The molecule has 8 nitrogen and oxygen atoms in total. The van der Waals surface area contributed by atoms with Crippen LogP contribution in [0.3, 0.4) is 0 Å². The molecule has 0 atom stereocenters. The Morgan fingerprint density at radius 1 is 1.14 bits per heavy atom. The Kier molecular flexibility index (Phi) is 4.17. The molecular weight excluding hydrogens is 382 g/mol. The van der Waals surface area contributed by atoms with Crippen LogP contribution in [0, 0.1) is 5.82 Å². The van der Waals surface area contributed by atoms with Gasteiger partial charge in [0.2, 0.25) is 5.88 Å². The summed E-state index contributed by atoms with van der Waals surface area (Å²) in [5.74, 6) is -1.07. The Labute approximate surface area is 154 Å². The molecular formula is C16H11F4N7O. The van der Waals surface area contributed by atoms with Crippen LogP contribution in [0.25, 0.3) is 17.0 Å². The first-order valence-corrected chi connectivity index (χ1v) is 7.89. The topological polar surface area (TPSA) is 83.0 Å². The van der Waals surface area contributed by atoms with Crippen molar-refractivity contribution in [2.75, 3.05) is 0 Å². The fourth-order valence-electron chi connectivity index (χ4n) is 2.52. The second-order valence-corrected chi connectivity index (χ2v) is 5.72. The SMILES string of the molecule is Cn1ncnc1COc1nn2c(-c3ccccc3F)nnc2cc1C(F)(F)F. The van der Waals surface area contributed by atoms with Crippen molar-refractivity contribution in [1.29, 1.82) is 0 Å². The van der Waals surface area contributed by atoms with E-state index in [0.717, 1.165) is 10.6 Å². The fraction of sp³-hybridized carbons (Fsp3) is 0.188. The summed E-state index contributed by atoms with van der Waals surface area (Å²) in [7, 11) is 1.57. The minimum atomic E-state index is -4.74. The zero-order valence-corrected chi connectivity index (χ0v) is 14.2. The number of hydrogen-bond donors (Lipinski definition) is 0. The van der Waals surface area contributed by atoms with Crippen LogP contribution in [0.15, 0.2) is 36.7 Å². The first kappa shape index (κ1) is 17.8. The molecule has 0 spiro atoms. The second-order valence-electron chi connectivity index (χ2n) is 5.72. The molecule has 4 aromatic rings. The lowest BCUT2D eigenvalue weighted by Crippen LogP contribution is -2.14. The normalized spacial score (nSPS) is 11.9. The molecule has 0 bridgehead atoms. The smallest absolute Gasteiger partial charge is 0.421 e. The molecule has 144 valence electrons. The maximum Gasteiger partial charge on any atom is 0.421 e. The monoisotopic (exact) mass is 393 g/mol. The van der Waals surface area contributed by atoms with Gasteiger partial charge in [0, 0.05) is 13.1 Å². The first-order chi connectivity index (χ1) is 13.3. The predicted octanol–water partition coefficient (Wildman–Crippen LogP) is 2.66. The van der Waals surface area contributed by atoms with Gasteiger partial charge in [-0.1, -0.05) is 12.1 Å². The van der Waals surface area contributed by atoms with Gasteiger partial charge in [0.05, 0.1) is 5.56 Å². The lowest BCUT2D eigenvalue weighted by molar-refractivity contribution is -0.139. The molecule has 0 amide bonds. The molecule has 1 aromatic carbocycles. The third-order valence-electron chi connectivity index (χ3n) is 3.92. The number of aryl methyl sites for hydroxylation is 1. The van der Waals surface area contributed by atoms with E-state index in [1.807, 2.05) is 0 Å². The molecule has 0 radical (unpaired) electrons. The van der Waals surface area contributed by atoms with Crippen molar-refractivity contribution in [2.45, 2.75) is 12.8 Å². The molecule has 0 aliphatic heterocycles. The van der Waals surface area contributed by atoms with Crippen molar-refractivity contribution < 1.29 is 22.3 Å². The van der Waals surface area contributed by atoms with Crippen LogP contribution >= 0.6 is 0 Å². The molecule has 0 aliphatic rings. The molecule has 3 heterocycles. The second kappa shape index (κ2) is 6.55. The van der Waals surface area contributed by atoms with Crippen molar-refractivity contribution in [3.05, 3.63) is 53.9 Å². The minimum absolute atomic E-state index is 0.0431. The van der Waals surface area contributed by atoms with Crippen molar-refractivity contribution >= 4 is 5.65 Å². The quantitative estimate of drug-likeness (QED) is 0.496. The van der Waals surface area contributed by atoms with Gasteiger partial charge in [-0.2, -0.15) is 22.8 Å². The molecule has 0 aliphatic carbocycles. The van der Waals surface area contributed by atoms with Gasteiger partial charge in [-0.25, -0.2) is 9.37 Å². The lowest BCUT2D eigenvalue weighted by Gasteiger charge is -2.13. The number of ether oxygens (including phenoxy) is 1. The number of aromatic nitrogens is 7. The van der Waals surface area contributed by atoms with Gasteiger partial charge in [0.15, 0.2) is 17.3 Å². The van der Waals surface area contributed by atoms with Crippen LogP contribution in [0.2, 0.25) is 0 Å². The van der Waals surface area contributed by atoms with E-state index in [1.165, 1.54) is 29.2 Å². The van der Waals surface area contributed by atoms with E-state index in [4.69, 9.17) is 4.74 Å². The standard InChI is InChI=1S/C16H11F4N7O/c1-26-13(21-8-22-26)7-28-15-10(16(18,19)20)6-12-23-24-14(27(12)25-15)9-4-2-3-5-11(9)17/h2-6,8H,7H2,1H3. The summed E-state index contributed by atoms with van der Waals surface area (Å²) < 4.78 is 62.0. The van der Waals surface area contributed by atoms with Crippen molar-refractivity contribution in [2.24, 2.45) is 7.05 Å². The van der Waals surface area contributed by atoms with Gasteiger partial charge in [-0.3, -0.25) is 4.68 Å². The van der Waals surface area contributed by atoms with Crippen LogP contribution in [-0.2, 0) is 19.8 Å². The van der Waals surface area contributed by atoms with Gasteiger partial charge in [-0.15, -0.1) is 15.3 Å². The molecule has 3 aromatic heterocycles. The largest absolute Gasteiger partial charge is 0.468 e. The summed E-state index contributed by atoms with van der Waals surface area (Å²) in [6, 6.07) is 6.41. The number of hydrogen-bond acceptors (Lipinski definition) is 6. The van der Waals surface area contributed by atoms with E-state index in [0.29, 0.717) is 5.82 Å². The zero-order chi connectivity index (χ0) is 19.9. The van der Waals surface area contributed by atoms with E-state index >= 15 is 0 Å². The summed E-state index contributed by atoms with van der Waals surface area (Å²) in [6.45, 7) is -0.296. The third kappa shape index (κ3) is 3.12. The van der Waals surface area contributed by atoms with Gasteiger partial charge in [0.25, 0.3) is 0 Å². The van der Waals surface area contributed by atoms with E-state index < -0.39 is 23.4 Å². The Morgan fingerprint density at radius 2 is 1.93 bits per heavy atom. The van der Waals surface area contributed by atoms with Crippen molar-refractivity contribution in [1.82, 2.24) is 34.6 Å². The molecule has 0 unspecified atom stereocenters. The van der Waals surface area contributed by atoms with Crippen LogP contribution in [0.4, 0.5) is 17.6 Å². The maximum atomic E-state index is 14.1. The number of fused-ring (bicyclic) bond motifs is 1. The highest BCUT2D eigenvalue weighted by Crippen LogP contribution is 2.36. The predicted molar refractivity (Wildman–Crippen MR) is 86.5 cm³/mol. The highest BCUT2D eigenvalue weighted by molar-refractivity contribution is 5.60. The van der Waals surface area contributed by atoms with Crippen LogP contribution in [-0.4, -0.2) is 34.6 Å². The summed E-state index contributed by atoms with van der Waals surface area (Å²) in [5.41, 5.74) is -1.28. The Bertz CT molecular complexity index is 1150. The number of alkyl halides is 3. The first-order valence-electron chi connectivity index (χ1n) is 7.89. The van der Waals surface area contributed by atoms with E-state index in [2.05, 4.69) is 25.4 Å². The maximum absolute atomic E-state index is 14.1. The van der Waals surface area contributed by atoms with Crippen LogP contribution < -0.4 is 4.74 Å². The summed E-state index contributed by atoms with van der Waals surface area (Å²) >= 11 is 0. The summed E-state index contributed by atoms with van der Waals surface area (Å²) in [6.07, 6.45) is -3.50. The Hall–Kier alpha value is -3.57. The van der Waals surface area contributed by atoms with E-state index in [1.54, 1.807) is 13.1 Å². The Balaban J connectivity index is 1.82. The molecule has 4 rings (SSSR count). The molecule has 0 saturated heterocycles. The molecule has 0 N–H and O–H groups in total. The summed E-state index contributed by atoms with van der Waals surface area (Å²) in [5, 5.41) is 15.1. The average molecular weight is 393 g/mol. The third-order valence-corrected chi connectivity index (χ3v) is 3.92. The zero-order valence-electron chi connectivity index (χ0n) is 14.2. The van der Waals surface area contributed by atoms with E-state index in [-0.39, 0.29) is 23.6 Å². The molecule has 0 fully saturated rings. The van der Waals surface area contributed by atoms with Crippen LogP contribution in [0.1, 0.15) is 11.4 Å².